The van der Waals surface area contributed by atoms with E-state index in [0.29, 0.717) is 35.5 Å². The van der Waals surface area contributed by atoms with E-state index in [4.69, 9.17) is 4.98 Å². The molecule has 1 amide bonds. The summed E-state index contributed by atoms with van der Waals surface area (Å²) < 4.78 is 16.7. The smallest absolute Gasteiger partial charge is 0.254 e. The van der Waals surface area contributed by atoms with Gasteiger partial charge in [-0.25, -0.2) is 19.3 Å². The van der Waals surface area contributed by atoms with Crippen LogP contribution >= 0.6 is 11.9 Å². The lowest BCUT2D eigenvalue weighted by atomic mass is 9.96. The number of aryl methyl sites for hydroxylation is 1. The second-order valence-corrected chi connectivity index (χ2v) is 10.0. The number of nitrogens with one attached hydrogen (secondary N) is 2. The molecule has 8 nitrogen and oxygen atoms in total. The van der Waals surface area contributed by atoms with Crippen LogP contribution in [-0.4, -0.2) is 55.5 Å². The predicted octanol–water partition coefficient (Wildman–Crippen LogP) is 4.76. The first-order valence-corrected chi connectivity index (χ1v) is 13.3. The second kappa shape index (κ2) is 10.4. The van der Waals surface area contributed by atoms with Crippen molar-refractivity contribution in [3.63, 3.8) is 0 Å². The van der Waals surface area contributed by atoms with Gasteiger partial charge < -0.3 is 14.9 Å². The molecule has 0 aliphatic carbocycles. The first kappa shape index (κ1) is 24.5. The molecular formula is C26H30FN7OS. The highest BCUT2D eigenvalue weighted by Crippen LogP contribution is 2.31. The molecular weight excluding hydrogens is 477 g/mol. The molecule has 188 valence electrons. The molecule has 2 atom stereocenters. The SMILES string of the molecule is CSNc1cc(C(=O)N2CC[C@@H](N3Cc4cnc(Nc5ccc(F)c(C)c5)nc4C3)C[C@H]2C)ccn1. The summed E-state index contributed by atoms with van der Waals surface area (Å²) in [6.45, 7) is 6.15. The van der Waals surface area contributed by atoms with Crippen LogP contribution < -0.4 is 10.0 Å². The number of likely N-dealkylation sites (tertiary alicyclic amines) is 1. The first-order chi connectivity index (χ1) is 17.4. The minimum atomic E-state index is -0.230. The number of benzene rings is 1. The number of carbonyl (C=O) groups is 1. The van der Waals surface area contributed by atoms with Crippen molar-refractivity contribution >= 4 is 35.3 Å². The number of hydrogen-bond acceptors (Lipinski definition) is 8. The summed E-state index contributed by atoms with van der Waals surface area (Å²) in [5, 5.41) is 3.19. The molecule has 2 aliphatic rings. The van der Waals surface area contributed by atoms with Gasteiger partial charge in [0.1, 0.15) is 11.6 Å². The molecule has 2 N–H and O–H groups in total. The van der Waals surface area contributed by atoms with Gasteiger partial charge in [0.05, 0.1) is 5.69 Å². The second-order valence-electron chi connectivity index (χ2n) is 9.42. The highest BCUT2D eigenvalue weighted by Gasteiger charge is 2.35. The molecule has 0 spiro atoms. The summed E-state index contributed by atoms with van der Waals surface area (Å²) in [5.74, 6) is 1.03. The van der Waals surface area contributed by atoms with Crippen molar-refractivity contribution in [1.82, 2.24) is 24.8 Å². The monoisotopic (exact) mass is 507 g/mol. The molecule has 4 heterocycles. The van der Waals surface area contributed by atoms with Crippen molar-refractivity contribution in [1.29, 1.82) is 0 Å². The molecule has 0 saturated carbocycles. The van der Waals surface area contributed by atoms with Gasteiger partial charge in [0, 0.05) is 67.2 Å². The number of fused-ring (bicyclic) bond motifs is 1. The summed E-state index contributed by atoms with van der Waals surface area (Å²) in [6, 6.07) is 8.98. The quantitative estimate of drug-likeness (QED) is 0.462. The lowest BCUT2D eigenvalue weighted by Gasteiger charge is -2.41. The maximum absolute atomic E-state index is 13.6. The van der Waals surface area contributed by atoms with Crippen LogP contribution in [0.5, 0.6) is 0 Å². The Morgan fingerprint density at radius 2 is 2.06 bits per heavy atom. The Labute approximate surface area is 214 Å². The van der Waals surface area contributed by atoms with Crippen molar-refractivity contribution in [2.24, 2.45) is 0 Å². The maximum atomic E-state index is 13.6. The zero-order valence-corrected chi connectivity index (χ0v) is 21.5. The van der Waals surface area contributed by atoms with Gasteiger partial charge in [-0.1, -0.05) is 11.9 Å². The van der Waals surface area contributed by atoms with E-state index < -0.39 is 0 Å². The van der Waals surface area contributed by atoms with Gasteiger partial charge in [-0.15, -0.1) is 0 Å². The molecule has 1 fully saturated rings. The maximum Gasteiger partial charge on any atom is 0.254 e. The zero-order valence-electron chi connectivity index (χ0n) is 20.7. The van der Waals surface area contributed by atoms with E-state index in [0.717, 1.165) is 42.9 Å². The fourth-order valence-corrected chi connectivity index (χ4v) is 5.34. The van der Waals surface area contributed by atoms with E-state index in [1.807, 2.05) is 23.4 Å². The van der Waals surface area contributed by atoms with Gasteiger partial charge in [0.2, 0.25) is 5.95 Å². The van der Waals surface area contributed by atoms with Gasteiger partial charge in [-0.2, -0.15) is 0 Å². The molecule has 2 aromatic heterocycles. The van der Waals surface area contributed by atoms with Crippen molar-refractivity contribution in [3.05, 3.63) is 70.9 Å². The number of piperidine rings is 1. The molecule has 1 saturated heterocycles. The van der Waals surface area contributed by atoms with Crippen molar-refractivity contribution < 1.29 is 9.18 Å². The molecule has 10 heteroatoms. The Morgan fingerprint density at radius 1 is 1.19 bits per heavy atom. The lowest BCUT2D eigenvalue weighted by Crippen LogP contribution is -2.50. The average molecular weight is 508 g/mol. The number of nitrogens with zero attached hydrogens (tertiary/aromatic N) is 5. The van der Waals surface area contributed by atoms with E-state index in [9.17, 15) is 9.18 Å². The third kappa shape index (κ3) is 5.15. The van der Waals surface area contributed by atoms with Crippen molar-refractivity contribution in [2.75, 3.05) is 22.8 Å². The minimum Gasteiger partial charge on any atom is -0.336 e. The van der Waals surface area contributed by atoms with Crippen LogP contribution in [-0.2, 0) is 13.1 Å². The Balaban J connectivity index is 1.21. The molecule has 0 radical (unpaired) electrons. The van der Waals surface area contributed by atoms with Gasteiger partial charge in [0.25, 0.3) is 5.91 Å². The summed E-state index contributed by atoms with van der Waals surface area (Å²) >= 11 is 1.45. The normalized spacial score (nSPS) is 19.7. The number of anilines is 3. The van der Waals surface area contributed by atoms with E-state index in [1.54, 1.807) is 31.3 Å². The van der Waals surface area contributed by atoms with Gasteiger partial charge >= 0.3 is 0 Å². The third-order valence-corrected chi connectivity index (χ3v) is 7.35. The van der Waals surface area contributed by atoms with Crippen LogP contribution in [0.15, 0.2) is 42.7 Å². The number of pyridine rings is 1. The number of aromatic nitrogens is 3. The van der Waals surface area contributed by atoms with Gasteiger partial charge in [-0.3, -0.25) is 9.69 Å². The summed E-state index contributed by atoms with van der Waals surface area (Å²) in [7, 11) is 0. The third-order valence-electron chi connectivity index (χ3n) is 6.93. The van der Waals surface area contributed by atoms with Gasteiger partial charge in [0.15, 0.2) is 0 Å². The van der Waals surface area contributed by atoms with Crippen LogP contribution in [0.3, 0.4) is 0 Å². The lowest BCUT2D eigenvalue weighted by molar-refractivity contribution is 0.0460. The summed E-state index contributed by atoms with van der Waals surface area (Å²) in [6.07, 6.45) is 7.31. The largest absolute Gasteiger partial charge is 0.336 e. The van der Waals surface area contributed by atoms with Crippen LogP contribution in [0, 0.1) is 12.7 Å². The molecule has 5 rings (SSSR count). The van der Waals surface area contributed by atoms with E-state index in [-0.39, 0.29) is 17.8 Å². The van der Waals surface area contributed by atoms with Crippen molar-refractivity contribution in [2.45, 2.75) is 51.9 Å². The first-order valence-electron chi connectivity index (χ1n) is 12.1. The Bertz CT molecular complexity index is 1270. The summed E-state index contributed by atoms with van der Waals surface area (Å²) in [5.41, 5.74) is 4.15. The number of amides is 1. The highest BCUT2D eigenvalue weighted by atomic mass is 32.2. The number of hydrogen-bond donors (Lipinski definition) is 2. The standard InChI is InChI=1S/C26H30FN7OS/c1-16-10-20(4-5-22(16)27)30-26-29-13-19-14-33(15-23(19)31-26)21-7-9-34(17(2)11-21)25(35)18-6-8-28-24(12-18)32-36-3/h4-6,8,10,12-13,17,21H,7,9,11,14-15H2,1-3H3,(H,28,32)(H,29,30,31)/t17-,21-/m1/s1. The molecule has 1 aromatic carbocycles. The van der Waals surface area contributed by atoms with Crippen LogP contribution in [0.1, 0.15) is 46.9 Å². The fraction of sp³-hybridized carbons (Fsp3) is 0.385. The van der Waals surface area contributed by atoms with E-state index in [1.165, 1.54) is 18.0 Å². The Kier molecular flexibility index (Phi) is 7.06. The van der Waals surface area contributed by atoms with Crippen molar-refractivity contribution in [3.8, 4) is 0 Å². The Hall–Kier alpha value is -3.24. The highest BCUT2D eigenvalue weighted by molar-refractivity contribution is 7.99. The predicted molar refractivity (Wildman–Crippen MR) is 141 cm³/mol. The zero-order chi connectivity index (χ0) is 25.2. The fourth-order valence-electron chi connectivity index (χ4n) is 5.02. The topological polar surface area (TPSA) is 86.3 Å². The average Bonchev–Trinajstić information content (AvgIpc) is 3.30. The minimum absolute atomic E-state index is 0.0508. The molecule has 3 aromatic rings. The Morgan fingerprint density at radius 3 is 2.83 bits per heavy atom. The summed E-state index contributed by atoms with van der Waals surface area (Å²) in [4.78, 5) is 31.1. The molecule has 2 aliphatic heterocycles. The van der Waals surface area contributed by atoms with Crippen LogP contribution in [0.4, 0.5) is 21.8 Å². The van der Waals surface area contributed by atoms with E-state index in [2.05, 4.69) is 31.8 Å². The van der Waals surface area contributed by atoms with E-state index >= 15 is 0 Å². The van der Waals surface area contributed by atoms with Crippen LogP contribution in [0.2, 0.25) is 0 Å². The molecule has 0 unspecified atom stereocenters. The number of carbonyl (C=O) groups excluding carboxylic acids is 1. The van der Waals surface area contributed by atoms with Gasteiger partial charge in [-0.05, 0) is 62.6 Å². The number of halogens is 1. The van der Waals surface area contributed by atoms with Crippen LogP contribution in [0.25, 0.3) is 0 Å². The molecule has 0 bridgehead atoms. The molecule has 36 heavy (non-hydrogen) atoms. The number of rotatable bonds is 6.